The summed E-state index contributed by atoms with van der Waals surface area (Å²) < 4.78 is 5.13. The highest BCUT2D eigenvalue weighted by Gasteiger charge is 2.25. The van der Waals surface area contributed by atoms with E-state index in [1.165, 1.54) is 0 Å². The van der Waals surface area contributed by atoms with Gasteiger partial charge in [-0.2, -0.15) is 0 Å². The summed E-state index contributed by atoms with van der Waals surface area (Å²) in [5.74, 6) is 0.677. The summed E-state index contributed by atoms with van der Waals surface area (Å²) in [5.41, 5.74) is 1.02. The number of anilines is 1. The van der Waals surface area contributed by atoms with E-state index in [2.05, 4.69) is 31.5 Å². The fraction of sp³-hybridized carbons (Fsp3) is 0.429. The highest BCUT2D eigenvalue weighted by molar-refractivity contribution is 7.14. The molecule has 0 saturated carbocycles. The molecule has 1 fully saturated rings. The van der Waals surface area contributed by atoms with Crippen molar-refractivity contribution in [3.8, 4) is 10.6 Å². The molecule has 152 valence electrons. The first-order valence-corrected chi connectivity index (χ1v) is 10.7. The fourth-order valence-corrected chi connectivity index (χ4v) is 4.31. The lowest BCUT2D eigenvalue weighted by molar-refractivity contribution is -0.121. The van der Waals surface area contributed by atoms with E-state index in [4.69, 9.17) is 4.74 Å². The van der Waals surface area contributed by atoms with E-state index in [0.717, 1.165) is 65.4 Å². The zero-order valence-corrected chi connectivity index (χ0v) is 17.5. The Labute approximate surface area is 174 Å². The molecule has 0 bridgehead atoms. The number of hydrogen-bond acceptors (Lipinski definition) is 7. The summed E-state index contributed by atoms with van der Waals surface area (Å²) >= 11 is 1.57. The molecule has 0 unspecified atom stereocenters. The van der Waals surface area contributed by atoms with Crippen LogP contribution in [-0.4, -0.2) is 59.3 Å². The highest BCUT2D eigenvalue weighted by Crippen LogP contribution is 2.28. The smallest absolute Gasteiger partial charge is 0.228 e. The lowest BCUT2D eigenvalue weighted by atomic mass is 9.96. The van der Waals surface area contributed by atoms with Crippen LogP contribution in [0.25, 0.3) is 21.3 Å². The lowest BCUT2D eigenvalue weighted by Crippen LogP contribution is -2.39. The van der Waals surface area contributed by atoms with Crippen LogP contribution in [0.2, 0.25) is 0 Å². The first kappa shape index (κ1) is 19.9. The molecule has 2 aromatic heterocycles. The number of piperidine rings is 1. The summed E-state index contributed by atoms with van der Waals surface area (Å²) in [6.07, 6.45) is 3.53. The molecule has 1 aliphatic rings. The maximum Gasteiger partial charge on any atom is 0.228 e. The van der Waals surface area contributed by atoms with Crippen LogP contribution in [0.4, 0.5) is 5.82 Å². The predicted octanol–water partition coefficient (Wildman–Crippen LogP) is 3.36. The minimum atomic E-state index is 0.0296. The Morgan fingerprint density at radius 2 is 2.07 bits per heavy atom. The van der Waals surface area contributed by atoms with Gasteiger partial charge in [0.25, 0.3) is 0 Å². The van der Waals surface area contributed by atoms with Crippen molar-refractivity contribution < 1.29 is 9.53 Å². The third-order valence-electron chi connectivity index (χ3n) is 5.32. The number of hydrogen-bond donors (Lipinski definition) is 1. The van der Waals surface area contributed by atoms with Crippen LogP contribution in [0, 0.1) is 12.8 Å². The van der Waals surface area contributed by atoms with Crippen LogP contribution in [0.1, 0.15) is 17.8 Å². The molecule has 7 nitrogen and oxygen atoms in total. The lowest BCUT2D eigenvalue weighted by Gasteiger charge is -2.30. The van der Waals surface area contributed by atoms with Gasteiger partial charge in [-0.15, -0.1) is 10.2 Å². The number of ether oxygens (including phenoxy) is 1. The molecule has 0 spiro atoms. The molecular weight excluding hydrogens is 386 g/mol. The van der Waals surface area contributed by atoms with E-state index in [9.17, 15) is 4.79 Å². The average Bonchev–Trinajstić information content (AvgIpc) is 3.18. The number of aromatic nitrogens is 3. The first-order valence-electron chi connectivity index (χ1n) is 9.85. The molecule has 4 rings (SSSR count). The van der Waals surface area contributed by atoms with Gasteiger partial charge < -0.3 is 15.0 Å². The van der Waals surface area contributed by atoms with Crippen molar-refractivity contribution in [3.05, 3.63) is 35.5 Å². The second-order valence-corrected chi connectivity index (χ2v) is 8.54. The van der Waals surface area contributed by atoms with Crippen LogP contribution in [-0.2, 0) is 9.53 Å². The number of rotatable bonds is 6. The second kappa shape index (κ2) is 8.94. The van der Waals surface area contributed by atoms with Gasteiger partial charge in [0.15, 0.2) is 0 Å². The minimum Gasteiger partial charge on any atom is -0.383 e. The number of methoxy groups -OCH3 is 1. The summed E-state index contributed by atoms with van der Waals surface area (Å²) in [5, 5.41) is 15.2. The third-order valence-corrected chi connectivity index (χ3v) is 6.20. The van der Waals surface area contributed by atoms with E-state index in [1.54, 1.807) is 24.6 Å². The number of amides is 1. The van der Waals surface area contributed by atoms with Crippen molar-refractivity contribution in [1.82, 2.24) is 20.1 Å². The van der Waals surface area contributed by atoms with Crippen LogP contribution in [0.3, 0.4) is 0 Å². The number of fused-ring (bicyclic) bond motifs is 1. The summed E-state index contributed by atoms with van der Waals surface area (Å²) in [4.78, 5) is 19.5. The normalized spacial score (nSPS) is 15.7. The Bertz CT molecular complexity index is 998. The Hall–Kier alpha value is -2.42. The minimum absolute atomic E-state index is 0.0296. The molecule has 1 aliphatic heterocycles. The van der Waals surface area contributed by atoms with Crippen molar-refractivity contribution in [2.75, 3.05) is 38.7 Å². The number of carbonyl (C=O) groups is 1. The molecule has 8 heteroatoms. The van der Waals surface area contributed by atoms with Crippen molar-refractivity contribution >= 4 is 33.8 Å². The monoisotopic (exact) mass is 411 g/mol. The van der Waals surface area contributed by atoms with Crippen molar-refractivity contribution in [1.29, 1.82) is 0 Å². The topological polar surface area (TPSA) is 80.2 Å². The van der Waals surface area contributed by atoms with E-state index in [-0.39, 0.29) is 11.8 Å². The molecule has 1 aromatic carbocycles. The maximum atomic E-state index is 12.7. The Kier molecular flexibility index (Phi) is 6.13. The Morgan fingerprint density at radius 3 is 2.79 bits per heavy atom. The molecule has 29 heavy (non-hydrogen) atoms. The van der Waals surface area contributed by atoms with Gasteiger partial charge in [0.1, 0.15) is 15.8 Å². The largest absolute Gasteiger partial charge is 0.383 e. The second-order valence-electron chi connectivity index (χ2n) is 7.36. The molecule has 0 aliphatic carbocycles. The standard InChI is InChI=1S/C21H25N5O2S/c1-14-24-25-21(29-14)16-3-4-17-13-22-19(12-18(17)11-16)23-20(27)15-5-7-26(8-6-15)9-10-28-2/h3-4,11-13,15H,5-10H2,1-2H3,(H,22,23,27). The quantitative estimate of drug-likeness (QED) is 0.670. The van der Waals surface area contributed by atoms with E-state index in [0.29, 0.717) is 5.82 Å². The highest BCUT2D eigenvalue weighted by atomic mass is 32.1. The molecular formula is C21H25N5O2S. The number of pyridine rings is 1. The van der Waals surface area contributed by atoms with Crippen molar-refractivity contribution in [2.24, 2.45) is 5.92 Å². The molecule has 1 amide bonds. The molecule has 1 saturated heterocycles. The molecule has 0 radical (unpaired) electrons. The fourth-order valence-electron chi connectivity index (χ4n) is 3.62. The molecule has 0 atom stereocenters. The van der Waals surface area contributed by atoms with Crippen LogP contribution >= 0.6 is 11.3 Å². The van der Waals surface area contributed by atoms with Gasteiger partial charge in [0.05, 0.1) is 6.61 Å². The SMILES string of the molecule is COCCN1CCC(C(=O)Nc2cc3cc(-c4nnc(C)s4)ccc3cn2)CC1. The number of carbonyl (C=O) groups excluding carboxylic acids is 1. The van der Waals surface area contributed by atoms with Crippen LogP contribution in [0.15, 0.2) is 30.5 Å². The zero-order valence-electron chi connectivity index (χ0n) is 16.7. The summed E-state index contributed by atoms with van der Waals surface area (Å²) in [6, 6.07) is 8.05. The van der Waals surface area contributed by atoms with Gasteiger partial charge in [-0.25, -0.2) is 4.98 Å². The Morgan fingerprint density at radius 1 is 1.24 bits per heavy atom. The van der Waals surface area contributed by atoms with Crippen LogP contribution in [0.5, 0.6) is 0 Å². The zero-order chi connectivity index (χ0) is 20.2. The molecule has 3 heterocycles. The van der Waals surface area contributed by atoms with Crippen molar-refractivity contribution in [3.63, 3.8) is 0 Å². The van der Waals surface area contributed by atoms with E-state index >= 15 is 0 Å². The predicted molar refractivity (Wildman–Crippen MR) is 115 cm³/mol. The van der Waals surface area contributed by atoms with Crippen LogP contribution < -0.4 is 5.32 Å². The number of nitrogens with zero attached hydrogens (tertiary/aromatic N) is 4. The Balaban J connectivity index is 1.43. The van der Waals surface area contributed by atoms with Gasteiger partial charge in [0.2, 0.25) is 5.91 Å². The van der Waals surface area contributed by atoms with Gasteiger partial charge in [-0.3, -0.25) is 4.79 Å². The molecule has 1 N–H and O–H groups in total. The van der Waals surface area contributed by atoms with Gasteiger partial charge in [0, 0.05) is 36.7 Å². The maximum absolute atomic E-state index is 12.7. The van der Waals surface area contributed by atoms with Gasteiger partial charge in [-0.1, -0.05) is 23.5 Å². The number of nitrogens with one attached hydrogen (secondary N) is 1. The van der Waals surface area contributed by atoms with Crippen molar-refractivity contribution in [2.45, 2.75) is 19.8 Å². The summed E-state index contributed by atoms with van der Waals surface area (Å²) in [6.45, 7) is 5.46. The van der Waals surface area contributed by atoms with E-state index < -0.39 is 0 Å². The first-order chi connectivity index (χ1) is 14.1. The number of benzene rings is 1. The molecule has 3 aromatic rings. The van der Waals surface area contributed by atoms with Gasteiger partial charge >= 0.3 is 0 Å². The number of aryl methyl sites for hydroxylation is 1. The summed E-state index contributed by atoms with van der Waals surface area (Å²) in [7, 11) is 1.72. The number of likely N-dealkylation sites (tertiary alicyclic amines) is 1. The van der Waals surface area contributed by atoms with Gasteiger partial charge in [-0.05, 0) is 50.4 Å². The van der Waals surface area contributed by atoms with E-state index in [1.807, 2.05) is 25.1 Å². The third kappa shape index (κ3) is 4.77. The average molecular weight is 412 g/mol.